The van der Waals surface area contributed by atoms with E-state index in [4.69, 9.17) is 16.0 Å². The predicted molar refractivity (Wildman–Crippen MR) is 163 cm³/mol. The van der Waals surface area contributed by atoms with Crippen LogP contribution in [0.5, 0.6) is 11.5 Å². The van der Waals surface area contributed by atoms with E-state index in [1.807, 2.05) is 34.3 Å². The molecule has 1 aromatic heterocycles. The lowest BCUT2D eigenvalue weighted by molar-refractivity contribution is 0.475. The Labute approximate surface area is 246 Å². The molecule has 4 aromatic carbocycles. The molecule has 2 unspecified atom stereocenters. The van der Waals surface area contributed by atoms with Gasteiger partial charge in [-0.05, 0) is 59.3 Å². The molecule has 5 aromatic rings. The van der Waals surface area contributed by atoms with Crippen LogP contribution in [-0.4, -0.2) is 26.4 Å². The van der Waals surface area contributed by atoms with Gasteiger partial charge in [-0.25, -0.2) is 4.98 Å². The van der Waals surface area contributed by atoms with Crippen LogP contribution in [0.2, 0.25) is 0 Å². The average molecular weight is 539 g/mol. The fourth-order valence-electron chi connectivity index (χ4n) is 5.21. The molecule has 2 heterocycles. The van der Waals surface area contributed by atoms with E-state index in [9.17, 15) is 10.2 Å². The van der Waals surface area contributed by atoms with Crippen molar-refractivity contribution >= 4 is 22.4 Å². The molecule has 2 atom stereocenters. The van der Waals surface area contributed by atoms with Gasteiger partial charge in [-0.3, -0.25) is 4.57 Å². The molecule has 2 N–H and O–H groups in total. The van der Waals surface area contributed by atoms with Crippen LogP contribution in [0.1, 0.15) is 61.4 Å². The third-order valence-electron chi connectivity index (χ3n) is 7.11. The third-order valence-corrected chi connectivity index (χ3v) is 7.11. The van der Waals surface area contributed by atoms with E-state index in [0.717, 1.165) is 0 Å². The van der Waals surface area contributed by atoms with E-state index >= 15 is 0 Å². The summed E-state index contributed by atoms with van der Waals surface area (Å²) in [5, 5.41) is 21.6. The average Bonchev–Trinajstić information content (AvgIpc) is 3.65. The number of nitrogens with zero attached hydrogens (tertiary/aromatic N) is 4. The number of hydrogen-bond acceptors (Lipinski definition) is 5. The van der Waals surface area contributed by atoms with Crippen LogP contribution < -0.4 is 9.80 Å². The van der Waals surface area contributed by atoms with Crippen molar-refractivity contribution in [3.8, 4) is 28.6 Å². The van der Waals surface area contributed by atoms with Gasteiger partial charge in [-0.1, -0.05) is 76.1 Å². The Kier molecular flexibility index (Phi) is 4.50. The van der Waals surface area contributed by atoms with E-state index in [0.29, 0.717) is 29.1 Å². The molecule has 1 aliphatic heterocycles. The van der Waals surface area contributed by atoms with Crippen molar-refractivity contribution in [1.29, 1.82) is 0 Å². The molecule has 0 bridgehead atoms. The molecule has 0 radical (unpaired) electrons. The Balaban J connectivity index is 1.69. The Morgan fingerprint density at radius 1 is 0.750 bits per heavy atom. The first kappa shape index (κ1) is 17.8. The topological polar surface area (TPSA) is 64.8 Å². The predicted octanol–water partition coefficient (Wildman–Crippen LogP) is 8.11. The number of phenols is 2. The number of imidazole rings is 1. The number of fused-ring (bicyclic) bond motifs is 1. The largest absolute Gasteiger partial charge is 0.507 e. The Hall–Kier alpha value is -4.71. The summed E-state index contributed by atoms with van der Waals surface area (Å²) in [4.78, 5) is 8.76. The first-order chi connectivity index (χ1) is 22.4. The minimum Gasteiger partial charge on any atom is -0.507 e. The lowest BCUT2D eigenvalue weighted by Gasteiger charge is -2.23. The van der Waals surface area contributed by atoms with Crippen molar-refractivity contribution in [3.05, 3.63) is 108 Å². The summed E-state index contributed by atoms with van der Waals surface area (Å²) < 4.78 is 69.7. The third kappa shape index (κ3) is 4.26. The molecule has 40 heavy (non-hydrogen) atoms. The maximum atomic E-state index is 11.1. The van der Waals surface area contributed by atoms with Crippen molar-refractivity contribution in [2.75, 3.05) is 16.5 Å². The van der Waals surface area contributed by atoms with Crippen molar-refractivity contribution in [1.82, 2.24) is 9.55 Å². The second-order valence-corrected chi connectivity index (χ2v) is 9.75. The number of anilines is 2. The summed E-state index contributed by atoms with van der Waals surface area (Å²) in [6, 6.07) is 23.2. The molecule has 202 valence electrons. The monoisotopic (exact) mass is 538 g/mol. The van der Waals surface area contributed by atoms with E-state index in [1.54, 1.807) is 53.1 Å². The lowest BCUT2D eigenvalue weighted by Crippen LogP contribution is -2.24. The molecule has 6 heteroatoms. The van der Waals surface area contributed by atoms with Crippen LogP contribution in [0, 0.1) is 0 Å². The number of para-hydroxylation sites is 5. The number of benzene rings is 4. The van der Waals surface area contributed by atoms with Crippen molar-refractivity contribution in [2.24, 2.45) is 0 Å². The zero-order chi connectivity index (χ0) is 34.8. The highest BCUT2D eigenvalue weighted by atomic mass is 16.3. The zero-order valence-electron chi connectivity index (χ0n) is 30.1. The summed E-state index contributed by atoms with van der Waals surface area (Å²) in [5.41, 5.74) is 2.32. The highest BCUT2D eigenvalue weighted by molar-refractivity contribution is 5.95. The zero-order valence-corrected chi connectivity index (χ0v) is 22.1. The normalized spacial score (nSPS) is 19.9. The van der Waals surface area contributed by atoms with E-state index in [-0.39, 0.29) is 39.7 Å². The summed E-state index contributed by atoms with van der Waals surface area (Å²) in [5.74, 6) is -4.35. The second-order valence-electron chi connectivity index (χ2n) is 9.75. The van der Waals surface area contributed by atoms with Gasteiger partial charge >= 0.3 is 0 Å². The van der Waals surface area contributed by atoms with Gasteiger partial charge < -0.3 is 20.0 Å². The van der Waals surface area contributed by atoms with Crippen LogP contribution in [0.4, 0.5) is 11.4 Å². The minimum atomic E-state index is -2.85. The van der Waals surface area contributed by atoms with E-state index < -0.39 is 25.5 Å². The number of rotatable bonds is 6. The smallest absolute Gasteiger partial charge is 0.149 e. The Morgan fingerprint density at radius 2 is 1.35 bits per heavy atom. The Bertz CT molecular complexity index is 2010. The van der Waals surface area contributed by atoms with Gasteiger partial charge in [-0.2, -0.15) is 0 Å². The van der Waals surface area contributed by atoms with Gasteiger partial charge in [0.25, 0.3) is 0 Å². The summed E-state index contributed by atoms with van der Waals surface area (Å²) in [6.07, 6.45) is 3.64. The maximum absolute atomic E-state index is 11.1. The molecule has 0 amide bonds. The number of aromatic nitrogens is 2. The van der Waals surface area contributed by atoms with Gasteiger partial charge in [0.2, 0.25) is 0 Å². The molecular weight excluding hydrogens is 496 g/mol. The Morgan fingerprint density at radius 3 is 2.02 bits per heavy atom. The van der Waals surface area contributed by atoms with Crippen molar-refractivity contribution in [2.45, 2.75) is 39.3 Å². The van der Waals surface area contributed by atoms with Gasteiger partial charge in [0.15, 0.2) is 0 Å². The van der Waals surface area contributed by atoms with Crippen LogP contribution in [0.25, 0.3) is 28.1 Å². The lowest BCUT2D eigenvalue weighted by atomic mass is 9.92. The molecule has 0 spiro atoms. The number of phenolic OH excluding ortho intramolecular Hbond substituents is 2. The van der Waals surface area contributed by atoms with E-state index in [2.05, 4.69) is 0 Å². The van der Waals surface area contributed by atoms with Crippen molar-refractivity contribution < 1.29 is 21.2 Å². The molecule has 0 fully saturated rings. The standard InChI is InChI=1S/C34H34N4O2/c1-22(2)24-12-9-13-25(23(3)4)33(24)38-29-16-10-15-28(32(29)35-34(38)26-11-5-7-17-30(26)39)37-20-19-36(21-37)27-14-6-8-18-31(27)40/h5-20,22-23,39-40H,21H2,1-4H3/i1D3,3D3,22D,23D. The van der Waals surface area contributed by atoms with Gasteiger partial charge in [0, 0.05) is 23.4 Å². The minimum absolute atomic E-state index is 0.0189. The fraction of sp³-hybridized carbons (Fsp3) is 0.206. The number of aromatic hydroxyl groups is 2. The molecule has 0 saturated heterocycles. The molecule has 6 nitrogen and oxygen atoms in total. The van der Waals surface area contributed by atoms with E-state index in [1.165, 1.54) is 38.1 Å². The highest BCUT2D eigenvalue weighted by Crippen LogP contribution is 2.41. The van der Waals surface area contributed by atoms with Crippen LogP contribution >= 0.6 is 0 Å². The maximum Gasteiger partial charge on any atom is 0.149 e. The molecular formula is C34H34N4O2. The summed E-state index contributed by atoms with van der Waals surface area (Å²) >= 11 is 0. The first-order valence-electron chi connectivity index (χ1n) is 16.9. The number of hydrogen-bond donors (Lipinski definition) is 2. The molecule has 1 aliphatic rings. The second kappa shape index (κ2) is 10.1. The quantitative estimate of drug-likeness (QED) is 0.229. The van der Waals surface area contributed by atoms with Crippen LogP contribution in [-0.2, 0) is 0 Å². The summed E-state index contributed by atoms with van der Waals surface area (Å²) in [6.45, 7) is -2.90. The van der Waals surface area contributed by atoms with Gasteiger partial charge in [0.05, 0.1) is 34.8 Å². The first-order valence-corrected chi connectivity index (χ1v) is 12.9. The van der Waals surface area contributed by atoms with Crippen LogP contribution in [0.3, 0.4) is 0 Å². The van der Waals surface area contributed by atoms with Crippen LogP contribution in [0.15, 0.2) is 97.3 Å². The molecule has 6 rings (SSSR count). The van der Waals surface area contributed by atoms with Gasteiger partial charge in [-0.15, -0.1) is 0 Å². The highest BCUT2D eigenvalue weighted by Gasteiger charge is 2.26. The fourth-order valence-corrected chi connectivity index (χ4v) is 5.21. The van der Waals surface area contributed by atoms with Gasteiger partial charge in [0.1, 0.15) is 22.8 Å². The molecule has 0 saturated carbocycles. The summed E-state index contributed by atoms with van der Waals surface area (Å²) in [7, 11) is 0. The molecule has 0 aliphatic carbocycles. The van der Waals surface area contributed by atoms with Crippen molar-refractivity contribution in [3.63, 3.8) is 0 Å². The SMILES string of the molecule is [2H]C([2H])([2H])C([2H])(C)c1cccc(C([2H])(C)C([2H])([2H])[2H])c1-n1c(-c2ccccc2O)nc2c(N3C=CN(c4ccccc4O)C3)cccc21.